The van der Waals surface area contributed by atoms with Crippen LogP contribution >= 0.6 is 0 Å². The molecule has 3 aliphatic rings. The largest absolute Gasteiger partial charge is 0.497 e. The number of benzene rings is 1. The number of epoxide rings is 1. The first-order valence-electron chi connectivity index (χ1n) is 14.9. The molecule has 0 aromatic heterocycles. The van der Waals surface area contributed by atoms with E-state index in [4.69, 9.17) is 9.47 Å². The number of carbonyl (C=O) groups excluding carboxylic acids is 4. The topological polar surface area (TPSA) is 122 Å². The van der Waals surface area contributed by atoms with Crippen molar-refractivity contribution in [1.82, 2.24) is 5.32 Å². The van der Waals surface area contributed by atoms with Gasteiger partial charge in [0.1, 0.15) is 17.1 Å². The van der Waals surface area contributed by atoms with Crippen LogP contribution in [0.4, 0.5) is 0 Å². The van der Waals surface area contributed by atoms with Crippen LogP contribution in [0.2, 0.25) is 0 Å². The van der Waals surface area contributed by atoms with Gasteiger partial charge in [0.15, 0.2) is 11.6 Å². The van der Waals surface area contributed by atoms with Crippen molar-refractivity contribution in [3.8, 4) is 5.75 Å². The maximum atomic E-state index is 13.8. The van der Waals surface area contributed by atoms with Gasteiger partial charge in [-0.3, -0.25) is 19.2 Å². The zero-order chi connectivity index (χ0) is 28.9. The Labute approximate surface area is 237 Å². The molecule has 1 aromatic carbocycles. The summed E-state index contributed by atoms with van der Waals surface area (Å²) in [7, 11) is 1.59. The molecule has 220 valence electrons. The van der Waals surface area contributed by atoms with Gasteiger partial charge in [0.2, 0.25) is 5.91 Å². The molecule has 0 spiro atoms. The van der Waals surface area contributed by atoms with Gasteiger partial charge in [-0.05, 0) is 69.1 Å². The number of ketones is 3. The number of Topliss-reactive ketones (excluding diaryl/α,β-unsaturated/α-hetero) is 3. The van der Waals surface area contributed by atoms with Crippen molar-refractivity contribution in [2.24, 2.45) is 23.7 Å². The molecule has 0 unspecified atom stereocenters. The van der Waals surface area contributed by atoms with Crippen LogP contribution in [0.1, 0.15) is 83.6 Å². The van der Waals surface area contributed by atoms with Crippen LogP contribution in [0.5, 0.6) is 5.75 Å². The number of hydrogen-bond donors (Lipinski definition) is 2. The molecule has 2 aliphatic carbocycles. The summed E-state index contributed by atoms with van der Waals surface area (Å²) in [5.41, 5.74) is 0.0660. The zero-order valence-electron chi connectivity index (χ0n) is 24.2. The number of amides is 1. The van der Waals surface area contributed by atoms with E-state index in [0.717, 1.165) is 24.8 Å². The third-order valence-electron chi connectivity index (χ3n) is 9.17. The molecule has 8 nitrogen and oxygen atoms in total. The van der Waals surface area contributed by atoms with Gasteiger partial charge in [-0.25, -0.2) is 0 Å². The maximum absolute atomic E-state index is 13.8. The summed E-state index contributed by atoms with van der Waals surface area (Å²) in [5, 5.41) is 12.7. The minimum Gasteiger partial charge on any atom is -0.497 e. The molecular weight excluding hydrogens is 510 g/mol. The SMILES string of the molecule is COc1ccc(C[C@H](NC(=O)[C@H](C)CC(=O)C2CCC(O)CC2)C(=O)C[C@@H](CC2CCC2)C(=O)[C@@]2(C)CO2)cc1. The summed E-state index contributed by atoms with van der Waals surface area (Å²) in [6.45, 7) is 3.89. The van der Waals surface area contributed by atoms with E-state index in [0.29, 0.717) is 50.4 Å². The van der Waals surface area contributed by atoms with E-state index in [1.54, 1.807) is 21.0 Å². The van der Waals surface area contributed by atoms with Gasteiger partial charge >= 0.3 is 0 Å². The van der Waals surface area contributed by atoms with Crippen LogP contribution in [0.3, 0.4) is 0 Å². The lowest BCUT2D eigenvalue weighted by Gasteiger charge is -2.30. The molecule has 0 radical (unpaired) electrons. The maximum Gasteiger partial charge on any atom is 0.223 e. The van der Waals surface area contributed by atoms with Gasteiger partial charge in [0.05, 0.1) is 25.9 Å². The van der Waals surface area contributed by atoms with Crippen molar-refractivity contribution in [2.75, 3.05) is 13.7 Å². The average Bonchev–Trinajstić information content (AvgIpc) is 3.67. The van der Waals surface area contributed by atoms with E-state index in [-0.39, 0.29) is 54.5 Å². The second-order valence-corrected chi connectivity index (χ2v) is 12.5. The van der Waals surface area contributed by atoms with Gasteiger partial charge in [0, 0.05) is 30.6 Å². The fraction of sp³-hybridized carbons (Fsp3) is 0.688. The lowest BCUT2D eigenvalue weighted by atomic mass is 9.74. The summed E-state index contributed by atoms with van der Waals surface area (Å²) >= 11 is 0. The Morgan fingerprint density at radius 2 is 1.70 bits per heavy atom. The second-order valence-electron chi connectivity index (χ2n) is 12.5. The Morgan fingerprint density at radius 1 is 1.05 bits per heavy atom. The number of nitrogens with one attached hydrogen (secondary N) is 1. The van der Waals surface area contributed by atoms with Crippen LogP contribution in [0, 0.1) is 23.7 Å². The van der Waals surface area contributed by atoms with E-state index in [2.05, 4.69) is 5.32 Å². The summed E-state index contributed by atoms with van der Waals surface area (Å²) in [6, 6.07) is 6.55. The van der Waals surface area contributed by atoms with Crippen molar-refractivity contribution >= 4 is 23.3 Å². The Morgan fingerprint density at radius 3 is 2.25 bits per heavy atom. The lowest BCUT2D eigenvalue weighted by molar-refractivity contribution is -0.135. The third kappa shape index (κ3) is 8.00. The number of hydrogen-bond acceptors (Lipinski definition) is 7. The molecule has 4 rings (SSSR count). The molecule has 8 heteroatoms. The molecule has 1 amide bonds. The van der Waals surface area contributed by atoms with Crippen molar-refractivity contribution in [3.05, 3.63) is 29.8 Å². The number of ether oxygens (including phenoxy) is 2. The Hall–Kier alpha value is -2.58. The second kappa shape index (κ2) is 13.4. The molecular formula is C32H45NO7. The fourth-order valence-electron chi connectivity index (χ4n) is 6.00. The van der Waals surface area contributed by atoms with E-state index >= 15 is 0 Å². The summed E-state index contributed by atoms with van der Waals surface area (Å²) in [5.74, 6) is -0.485. The number of aliphatic hydroxyl groups excluding tert-OH is 1. The van der Waals surface area contributed by atoms with Gasteiger partial charge in [-0.2, -0.15) is 0 Å². The molecule has 40 heavy (non-hydrogen) atoms. The van der Waals surface area contributed by atoms with Crippen molar-refractivity contribution in [3.63, 3.8) is 0 Å². The lowest BCUT2D eigenvalue weighted by Crippen LogP contribution is -2.46. The molecule has 2 N–H and O–H groups in total. The molecule has 1 aliphatic heterocycles. The van der Waals surface area contributed by atoms with Gasteiger partial charge in [0.25, 0.3) is 0 Å². The highest BCUT2D eigenvalue weighted by atomic mass is 16.6. The number of rotatable bonds is 15. The summed E-state index contributed by atoms with van der Waals surface area (Å²) in [4.78, 5) is 53.2. The summed E-state index contributed by atoms with van der Waals surface area (Å²) < 4.78 is 10.7. The number of carbonyl (C=O) groups is 4. The van der Waals surface area contributed by atoms with Crippen LogP contribution in [0.15, 0.2) is 24.3 Å². The monoisotopic (exact) mass is 555 g/mol. The number of methoxy groups -OCH3 is 1. The normalized spacial score (nSPS) is 26.6. The highest BCUT2D eigenvalue weighted by Gasteiger charge is 2.50. The quantitative estimate of drug-likeness (QED) is 0.314. The third-order valence-corrected chi connectivity index (χ3v) is 9.17. The highest BCUT2D eigenvalue weighted by Crippen LogP contribution is 2.38. The Balaban J connectivity index is 1.44. The molecule has 3 fully saturated rings. The van der Waals surface area contributed by atoms with Crippen molar-refractivity contribution in [2.45, 2.75) is 102 Å². The predicted octanol–water partition coefficient (Wildman–Crippen LogP) is 3.99. The Bertz CT molecular complexity index is 1050. The minimum atomic E-state index is -0.812. The van der Waals surface area contributed by atoms with E-state index in [9.17, 15) is 24.3 Å². The molecule has 1 aromatic rings. The van der Waals surface area contributed by atoms with E-state index < -0.39 is 23.5 Å². The molecule has 1 heterocycles. The first-order valence-corrected chi connectivity index (χ1v) is 14.9. The van der Waals surface area contributed by atoms with Crippen LogP contribution in [0.25, 0.3) is 0 Å². The first kappa shape index (κ1) is 30.4. The van der Waals surface area contributed by atoms with Gasteiger partial charge in [-0.1, -0.05) is 38.3 Å². The smallest absolute Gasteiger partial charge is 0.223 e. The fourth-order valence-corrected chi connectivity index (χ4v) is 6.00. The first-order chi connectivity index (χ1) is 19.1. The predicted molar refractivity (Wildman–Crippen MR) is 150 cm³/mol. The van der Waals surface area contributed by atoms with Crippen LogP contribution in [-0.2, 0) is 30.3 Å². The van der Waals surface area contributed by atoms with E-state index in [1.165, 1.54) is 0 Å². The molecule has 1 saturated heterocycles. The zero-order valence-corrected chi connectivity index (χ0v) is 24.2. The molecule has 0 bridgehead atoms. The number of aliphatic hydroxyl groups is 1. The average molecular weight is 556 g/mol. The van der Waals surface area contributed by atoms with E-state index in [1.807, 2.05) is 24.3 Å². The summed E-state index contributed by atoms with van der Waals surface area (Å²) in [6.07, 6.45) is 6.60. The highest BCUT2D eigenvalue weighted by molar-refractivity contribution is 5.97. The standard InChI is InChI=1S/C32H45NO7/c1-20(15-28(35)23-9-11-25(34)12-10-23)31(38)33-27(17-22-7-13-26(39-3)14-8-22)29(36)18-24(16-21-5-4-6-21)30(37)32(2)19-40-32/h7-8,13-14,20-21,23-25,27,34H,4-6,9-12,15-19H2,1-3H3,(H,33,38)/t20-,23?,24-,25?,27+,32-/m1/s1. The van der Waals surface area contributed by atoms with Gasteiger partial charge in [-0.15, -0.1) is 0 Å². The van der Waals surface area contributed by atoms with Crippen LogP contribution in [-0.4, -0.2) is 59.8 Å². The van der Waals surface area contributed by atoms with Crippen molar-refractivity contribution < 1.29 is 33.8 Å². The van der Waals surface area contributed by atoms with Gasteiger partial charge < -0.3 is 19.9 Å². The molecule has 4 atom stereocenters. The minimum absolute atomic E-state index is 0.0150. The Kier molecular flexibility index (Phi) is 10.2. The van der Waals surface area contributed by atoms with Crippen LogP contribution < -0.4 is 10.1 Å². The van der Waals surface area contributed by atoms with Crippen molar-refractivity contribution in [1.29, 1.82) is 0 Å². The molecule has 2 saturated carbocycles.